The third-order valence-electron chi connectivity index (χ3n) is 4.46. The molecule has 0 saturated heterocycles. The lowest BCUT2D eigenvalue weighted by Gasteiger charge is -2.32. The number of H-pyrrole nitrogens is 1. The van der Waals surface area contributed by atoms with Crippen LogP contribution >= 0.6 is 11.6 Å². The zero-order chi connectivity index (χ0) is 17.3. The third-order valence-corrected chi connectivity index (χ3v) is 4.71. The summed E-state index contributed by atoms with van der Waals surface area (Å²) in [5.74, 6) is 0.0120. The van der Waals surface area contributed by atoms with Crippen LogP contribution in [-0.4, -0.2) is 34.1 Å². The third kappa shape index (κ3) is 3.39. The molecule has 0 aliphatic carbocycles. The van der Waals surface area contributed by atoms with Crippen LogP contribution in [0.4, 0.5) is 0 Å². The van der Waals surface area contributed by atoms with Crippen molar-refractivity contribution in [2.45, 2.75) is 27.2 Å². The maximum atomic E-state index is 12.9. The van der Waals surface area contributed by atoms with E-state index < -0.39 is 0 Å². The van der Waals surface area contributed by atoms with Crippen molar-refractivity contribution in [1.82, 2.24) is 15.1 Å². The number of hydrogen-bond acceptors (Lipinski definition) is 2. The Balaban J connectivity index is 1.82. The molecule has 1 amide bonds. The Morgan fingerprint density at radius 3 is 2.54 bits per heavy atom. The molecule has 2 aromatic rings. The second kappa shape index (κ2) is 6.44. The van der Waals surface area contributed by atoms with Crippen molar-refractivity contribution in [3.05, 3.63) is 52.7 Å². The summed E-state index contributed by atoms with van der Waals surface area (Å²) in [5, 5.41) is 7.68. The van der Waals surface area contributed by atoms with Crippen LogP contribution in [0, 0.1) is 5.41 Å². The first-order chi connectivity index (χ1) is 11.4. The van der Waals surface area contributed by atoms with Gasteiger partial charge in [-0.15, -0.1) is 0 Å². The van der Waals surface area contributed by atoms with Gasteiger partial charge in [0.05, 0.1) is 17.5 Å². The molecule has 0 saturated carbocycles. The molecule has 3 rings (SSSR count). The van der Waals surface area contributed by atoms with Crippen molar-refractivity contribution in [3.8, 4) is 11.3 Å². The smallest absolute Gasteiger partial charge is 0.257 e. The van der Waals surface area contributed by atoms with Crippen LogP contribution in [0.15, 0.2) is 42.1 Å². The quantitative estimate of drug-likeness (QED) is 0.813. The van der Waals surface area contributed by atoms with Crippen molar-refractivity contribution in [2.75, 3.05) is 13.1 Å². The van der Waals surface area contributed by atoms with Crippen molar-refractivity contribution >= 4 is 17.5 Å². The van der Waals surface area contributed by atoms with Gasteiger partial charge in [0.1, 0.15) is 0 Å². The fourth-order valence-corrected chi connectivity index (χ4v) is 3.12. The van der Waals surface area contributed by atoms with E-state index in [1.165, 1.54) is 5.57 Å². The maximum Gasteiger partial charge on any atom is 0.257 e. The van der Waals surface area contributed by atoms with Crippen molar-refractivity contribution < 1.29 is 4.79 Å². The lowest BCUT2D eigenvalue weighted by molar-refractivity contribution is 0.0766. The highest BCUT2D eigenvalue weighted by Gasteiger charge is 2.26. The molecule has 4 nitrogen and oxygen atoms in total. The van der Waals surface area contributed by atoms with E-state index >= 15 is 0 Å². The van der Waals surface area contributed by atoms with Crippen molar-refractivity contribution in [3.63, 3.8) is 0 Å². The number of aromatic amines is 1. The van der Waals surface area contributed by atoms with Gasteiger partial charge in [-0.1, -0.05) is 56.2 Å². The van der Waals surface area contributed by atoms with Crippen LogP contribution < -0.4 is 0 Å². The zero-order valence-electron chi connectivity index (χ0n) is 14.3. The topological polar surface area (TPSA) is 49.0 Å². The molecule has 24 heavy (non-hydrogen) atoms. The Labute approximate surface area is 147 Å². The van der Waals surface area contributed by atoms with Crippen molar-refractivity contribution in [2.24, 2.45) is 5.41 Å². The SMILES string of the molecule is CC(C)(C)C1=CCN(C(=O)c2cn[nH]c2-c2ccc(Cl)cc2)CC1. The van der Waals surface area contributed by atoms with Gasteiger partial charge in [-0.3, -0.25) is 9.89 Å². The predicted octanol–water partition coefficient (Wildman–Crippen LogP) is 4.55. The number of hydrogen-bond donors (Lipinski definition) is 1. The molecule has 1 N–H and O–H groups in total. The Bertz CT molecular complexity index is 769. The van der Waals surface area contributed by atoms with Crippen LogP contribution in [-0.2, 0) is 0 Å². The summed E-state index contributed by atoms with van der Waals surface area (Å²) in [7, 11) is 0. The average Bonchev–Trinajstić information content (AvgIpc) is 3.04. The maximum absolute atomic E-state index is 12.9. The van der Waals surface area contributed by atoms with E-state index in [-0.39, 0.29) is 11.3 Å². The molecule has 1 aromatic heterocycles. The highest BCUT2D eigenvalue weighted by molar-refractivity contribution is 6.30. The summed E-state index contributed by atoms with van der Waals surface area (Å²) in [6.07, 6.45) is 4.71. The van der Waals surface area contributed by atoms with Crippen LogP contribution in [0.3, 0.4) is 0 Å². The monoisotopic (exact) mass is 343 g/mol. The van der Waals surface area contributed by atoms with Crippen LogP contribution in [0.2, 0.25) is 5.02 Å². The predicted molar refractivity (Wildman–Crippen MR) is 97.1 cm³/mol. The Hall–Kier alpha value is -2.07. The molecule has 0 spiro atoms. The minimum atomic E-state index is 0.0120. The highest BCUT2D eigenvalue weighted by atomic mass is 35.5. The van der Waals surface area contributed by atoms with E-state index in [0.29, 0.717) is 17.1 Å². The number of amides is 1. The van der Waals surface area contributed by atoms with E-state index in [0.717, 1.165) is 24.2 Å². The van der Waals surface area contributed by atoms with Gasteiger partial charge in [0.15, 0.2) is 0 Å². The number of rotatable bonds is 2. The first-order valence-electron chi connectivity index (χ1n) is 8.14. The Kier molecular flexibility index (Phi) is 4.50. The second-order valence-electron chi connectivity index (χ2n) is 7.15. The zero-order valence-corrected chi connectivity index (χ0v) is 15.0. The van der Waals surface area contributed by atoms with Gasteiger partial charge < -0.3 is 4.90 Å². The average molecular weight is 344 g/mol. The van der Waals surface area contributed by atoms with E-state index in [1.54, 1.807) is 6.20 Å². The fourth-order valence-electron chi connectivity index (χ4n) is 2.99. The van der Waals surface area contributed by atoms with Crippen LogP contribution in [0.25, 0.3) is 11.3 Å². The number of nitrogens with zero attached hydrogens (tertiary/aromatic N) is 2. The van der Waals surface area contributed by atoms with Gasteiger partial charge in [-0.2, -0.15) is 5.10 Å². The largest absolute Gasteiger partial charge is 0.334 e. The summed E-state index contributed by atoms with van der Waals surface area (Å²) in [6, 6.07) is 7.40. The molecule has 0 radical (unpaired) electrons. The second-order valence-corrected chi connectivity index (χ2v) is 7.58. The van der Waals surface area contributed by atoms with Gasteiger partial charge in [0, 0.05) is 23.7 Å². The minimum absolute atomic E-state index is 0.0120. The molecule has 126 valence electrons. The number of benzene rings is 1. The van der Waals surface area contributed by atoms with E-state index in [4.69, 9.17) is 11.6 Å². The molecule has 0 atom stereocenters. The minimum Gasteiger partial charge on any atom is -0.334 e. The van der Waals surface area contributed by atoms with E-state index in [1.807, 2.05) is 29.2 Å². The molecule has 1 aliphatic heterocycles. The number of carbonyl (C=O) groups excluding carboxylic acids is 1. The number of carbonyl (C=O) groups is 1. The van der Waals surface area contributed by atoms with Gasteiger partial charge in [0.2, 0.25) is 0 Å². The van der Waals surface area contributed by atoms with Gasteiger partial charge >= 0.3 is 0 Å². The summed E-state index contributed by atoms with van der Waals surface area (Å²) < 4.78 is 0. The first-order valence-corrected chi connectivity index (χ1v) is 8.52. The highest BCUT2D eigenvalue weighted by Crippen LogP contribution is 2.31. The standard InChI is InChI=1S/C19H22ClN3O/c1-19(2,3)14-8-10-23(11-9-14)18(24)16-12-21-22-17(16)13-4-6-15(20)7-5-13/h4-8,12H,9-11H2,1-3H3,(H,21,22). The van der Waals surface area contributed by atoms with E-state index in [2.05, 4.69) is 37.0 Å². The summed E-state index contributed by atoms with van der Waals surface area (Å²) in [6.45, 7) is 8.03. The lowest BCUT2D eigenvalue weighted by Crippen LogP contribution is -2.36. The normalized spacial score (nSPS) is 15.3. The van der Waals surface area contributed by atoms with Crippen LogP contribution in [0.1, 0.15) is 37.6 Å². The van der Waals surface area contributed by atoms with Gasteiger partial charge in [-0.05, 0) is 24.0 Å². The number of halogens is 1. The fraction of sp³-hybridized carbons (Fsp3) is 0.368. The van der Waals surface area contributed by atoms with Crippen molar-refractivity contribution in [1.29, 1.82) is 0 Å². The molecule has 2 heterocycles. The lowest BCUT2D eigenvalue weighted by atomic mass is 9.83. The Morgan fingerprint density at radius 2 is 1.96 bits per heavy atom. The van der Waals surface area contributed by atoms with Gasteiger partial charge in [-0.25, -0.2) is 0 Å². The summed E-state index contributed by atoms with van der Waals surface area (Å²) in [4.78, 5) is 14.8. The number of nitrogens with one attached hydrogen (secondary N) is 1. The summed E-state index contributed by atoms with van der Waals surface area (Å²) in [5.41, 5.74) is 3.83. The molecule has 0 fully saturated rings. The van der Waals surface area contributed by atoms with Gasteiger partial charge in [0.25, 0.3) is 5.91 Å². The Morgan fingerprint density at radius 1 is 1.25 bits per heavy atom. The molecular formula is C19H22ClN3O. The molecule has 0 bridgehead atoms. The molecule has 5 heteroatoms. The molecule has 1 aliphatic rings. The molecular weight excluding hydrogens is 322 g/mol. The van der Waals surface area contributed by atoms with E-state index in [9.17, 15) is 4.79 Å². The number of aromatic nitrogens is 2. The first kappa shape index (κ1) is 16.8. The van der Waals surface area contributed by atoms with Crippen LogP contribution in [0.5, 0.6) is 0 Å². The summed E-state index contributed by atoms with van der Waals surface area (Å²) >= 11 is 5.94. The molecule has 0 unspecified atom stereocenters. The molecule has 1 aromatic carbocycles.